The van der Waals surface area contributed by atoms with E-state index >= 15 is 0 Å². The number of hydrogen-bond acceptors (Lipinski definition) is 6. The SMILES string of the molecule is N#CC1CN(C(=O)[C@@H]2CC[C@@H]3CCCCC(NC(=O)c4ccc5ccc(C(F)(F)P(=O)(O)O)cc5c4)C(=O)N32)C[C@H]1c1cc[nH]c(=O)c1. The van der Waals surface area contributed by atoms with E-state index in [2.05, 4.69) is 16.4 Å². The number of halogens is 2. The van der Waals surface area contributed by atoms with Crippen LogP contribution in [0.15, 0.2) is 59.5 Å². The first-order valence-corrected chi connectivity index (χ1v) is 17.4. The van der Waals surface area contributed by atoms with Crippen molar-refractivity contribution in [3.05, 3.63) is 81.8 Å². The number of nitrogens with one attached hydrogen (secondary N) is 2. The van der Waals surface area contributed by atoms with E-state index in [9.17, 15) is 37.8 Å². The smallest absolute Gasteiger partial charge is 0.340 e. The lowest BCUT2D eigenvalue weighted by atomic mass is 9.91. The number of benzene rings is 2. The molecule has 3 aromatic rings. The monoisotopic (exact) mass is 681 g/mol. The topological polar surface area (TPSA) is 184 Å². The highest BCUT2D eigenvalue weighted by Gasteiger charge is 2.50. The van der Waals surface area contributed by atoms with Gasteiger partial charge in [0.2, 0.25) is 17.4 Å². The molecule has 0 bridgehead atoms. The van der Waals surface area contributed by atoms with Gasteiger partial charge in [-0.3, -0.25) is 23.7 Å². The minimum atomic E-state index is -5.80. The molecule has 2 unspecified atom stereocenters. The van der Waals surface area contributed by atoms with Crippen LogP contribution in [0.1, 0.15) is 65.9 Å². The molecular formula is C33H34F2N5O7P. The molecule has 48 heavy (non-hydrogen) atoms. The van der Waals surface area contributed by atoms with E-state index in [1.54, 1.807) is 15.9 Å². The quantitative estimate of drug-likeness (QED) is 0.285. The molecule has 5 atom stereocenters. The number of likely N-dealkylation sites (tertiary alicyclic amines) is 1. The van der Waals surface area contributed by atoms with Gasteiger partial charge in [0.05, 0.1) is 12.0 Å². The van der Waals surface area contributed by atoms with Crippen molar-refractivity contribution in [1.29, 1.82) is 5.26 Å². The molecule has 0 aliphatic carbocycles. The first kappa shape index (κ1) is 33.5. The van der Waals surface area contributed by atoms with Gasteiger partial charge in [0.1, 0.15) is 12.1 Å². The largest absolute Gasteiger partial charge is 0.399 e. The van der Waals surface area contributed by atoms with E-state index < -0.39 is 48.6 Å². The summed E-state index contributed by atoms with van der Waals surface area (Å²) in [6.45, 7) is 0.396. The zero-order chi connectivity index (χ0) is 34.4. The molecule has 3 amide bonds. The number of nitriles is 1. The molecule has 6 rings (SSSR count). The fourth-order valence-corrected chi connectivity index (χ4v) is 7.72. The van der Waals surface area contributed by atoms with Crippen LogP contribution in [0.3, 0.4) is 0 Å². The van der Waals surface area contributed by atoms with Crippen LogP contribution in [0.25, 0.3) is 10.8 Å². The van der Waals surface area contributed by atoms with Gasteiger partial charge in [-0.05, 0) is 66.3 Å². The molecule has 3 aliphatic heterocycles. The lowest BCUT2D eigenvalue weighted by Crippen LogP contribution is -2.56. The zero-order valence-corrected chi connectivity index (χ0v) is 26.6. The highest BCUT2D eigenvalue weighted by atomic mass is 31.2. The number of rotatable bonds is 6. The molecule has 15 heteroatoms. The Hall–Kier alpha value is -4.44. The van der Waals surface area contributed by atoms with Gasteiger partial charge in [-0.15, -0.1) is 0 Å². The summed E-state index contributed by atoms with van der Waals surface area (Å²) in [7, 11) is -5.80. The van der Waals surface area contributed by atoms with Crippen molar-refractivity contribution >= 4 is 36.1 Å². The summed E-state index contributed by atoms with van der Waals surface area (Å²) in [6, 6.07) is 10.9. The molecule has 252 valence electrons. The number of nitrogens with zero attached hydrogens (tertiary/aromatic N) is 3. The second kappa shape index (κ2) is 12.9. The number of carbonyl (C=O) groups excluding carboxylic acids is 3. The number of alkyl halides is 2. The number of H-pyrrole nitrogens is 1. The van der Waals surface area contributed by atoms with Crippen LogP contribution in [0.5, 0.6) is 0 Å². The summed E-state index contributed by atoms with van der Waals surface area (Å²) in [5.74, 6) is -2.19. The third-order valence-electron chi connectivity index (χ3n) is 9.77. The Labute approximate surface area is 273 Å². The number of hydrogen-bond donors (Lipinski definition) is 4. The van der Waals surface area contributed by atoms with Crippen molar-refractivity contribution < 1.29 is 37.5 Å². The Bertz CT molecular complexity index is 1920. The van der Waals surface area contributed by atoms with E-state index in [4.69, 9.17) is 9.79 Å². The summed E-state index contributed by atoms with van der Waals surface area (Å²) >= 11 is 0. The van der Waals surface area contributed by atoms with Crippen LogP contribution in [-0.2, 0) is 19.8 Å². The second-order valence-electron chi connectivity index (χ2n) is 12.7. The van der Waals surface area contributed by atoms with Crippen molar-refractivity contribution in [2.75, 3.05) is 13.1 Å². The summed E-state index contributed by atoms with van der Waals surface area (Å²) in [5, 5.41) is 13.2. The first-order valence-electron chi connectivity index (χ1n) is 15.8. The predicted molar refractivity (Wildman–Crippen MR) is 169 cm³/mol. The third kappa shape index (κ3) is 6.25. The Morgan fingerprint density at radius 3 is 2.46 bits per heavy atom. The Balaban J connectivity index is 1.20. The first-order chi connectivity index (χ1) is 22.8. The molecule has 0 radical (unpaired) electrons. The number of fused-ring (bicyclic) bond motifs is 2. The fraction of sp³-hybridized carbons (Fsp3) is 0.424. The van der Waals surface area contributed by atoms with Gasteiger partial charge in [0.15, 0.2) is 0 Å². The standard InChI is InChI=1S/C33H34F2N5O7P/c34-33(35,48(45,46)47)24-8-7-19-5-6-21(13-22(19)14-24)30(42)38-27-4-2-1-3-25-9-10-28(40(25)31(27)43)32(44)39-17-23(16-36)26(18-39)20-11-12-37-29(41)15-20/h5-8,11-15,23,25-28H,1-4,9-10,17-18H2,(H,37,41)(H,38,42)(H2,45,46,47)/t23?,25-,26-,27?,28-/m0/s1. The maximum absolute atomic E-state index is 14.4. The van der Waals surface area contributed by atoms with Crippen molar-refractivity contribution in [3.63, 3.8) is 0 Å². The van der Waals surface area contributed by atoms with Crippen molar-refractivity contribution in [1.82, 2.24) is 20.1 Å². The molecule has 4 N–H and O–H groups in total. The maximum atomic E-state index is 14.4. The minimum absolute atomic E-state index is 0.0602. The summed E-state index contributed by atoms with van der Waals surface area (Å²) in [6.07, 6.45) is 5.02. The number of aromatic nitrogens is 1. The Morgan fingerprint density at radius 1 is 0.979 bits per heavy atom. The average Bonchev–Trinajstić information content (AvgIpc) is 3.68. The normalized spacial score (nSPS) is 24.9. The Morgan fingerprint density at radius 2 is 1.73 bits per heavy atom. The fourth-order valence-electron chi connectivity index (χ4n) is 7.25. The molecule has 12 nitrogen and oxygen atoms in total. The van der Waals surface area contributed by atoms with Crippen LogP contribution in [-0.4, -0.2) is 73.5 Å². The predicted octanol–water partition coefficient (Wildman–Crippen LogP) is 3.55. The highest BCUT2D eigenvalue weighted by molar-refractivity contribution is 7.52. The van der Waals surface area contributed by atoms with Gasteiger partial charge in [-0.2, -0.15) is 14.0 Å². The van der Waals surface area contributed by atoms with Gasteiger partial charge in [0, 0.05) is 48.4 Å². The lowest BCUT2D eigenvalue weighted by molar-refractivity contribution is -0.146. The van der Waals surface area contributed by atoms with Gasteiger partial charge in [-0.1, -0.05) is 31.0 Å². The van der Waals surface area contributed by atoms with E-state index in [-0.39, 0.29) is 47.5 Å². The molecule has 0 spiro atoms. The van der Waals surface area contributed by atoms with E-state index in [0.717, 1.165) is 18.6 Å². The second-order valence-corrected chi connectivity index (χ2v) is 14.4. The molecule has 3 aliphatic rings. The van der Waals surface area contributed by atoms with E-state index in [1.165, 1.54) is 36.5 Å². The number of pyridine rings is 1. The minimum Gasteiger partial charge on any atom is -0.340 e. The van der Waals surface area contributed by atoms with Gasteiger partial charge >= 0.3 is 13.3 Å². The Kier molecular flexibility index (Phi) is 8.98. The molecule has 3 fully saturated rings. The van der Waals surface area contributed by atoms with Crippen molar-refractivity contribution in [2.45, 2.75) is 68.2 Å². The van der Waals surface area contributed by atoms with Crippen LogP contribution >= 0.6 is 7.60 Å². The zero-order valence-electron chi connectivity index (χ0n) is 25.7. The van der Waals surface area contributed by atoms with Crippen LogP contribution in [0.4, 0.5) is 8.78 Å². The van der Waals surface area contributed by atoms with E-state index in [1.807, 2.05) is 0 Å². The molecule has 0 saturated carbocycles. The summed E-state index contributed by atoms with van der Waals surface area (Å²) in [5.41, 5.74) is -4.89. The maximum Gasteiger partial charge on any atom is 0.399 e. The number of amides is 3. The third-order valence-corrected chi connectivity index (χ3v) is 10.8. The van der Waals surface area contributed by atoms with E-state index in [0.29, 0.717) is 43.1 Å². The molecular weight excluding hydrogens is 647 g/mol. The van der Waals surface area contributed by atoms with Crippen LogP contribution in [0.2, 0.25) is 0 Å². The number of carbonyl (C=O) groups is 3. The van der Waals surface area contributed by atoms with Gasteiger partial charge in [-0.25, -0.2) is 0 Å². The molecule has 3 saturated heterocycles. The van der Waals surface area contributed by atoms with Crippen LogP contribution < -0.4 is 10.9 Å². The van der Waals surface area contributed by atoms with Gasteiger partial charge in [0.25, 0.3) is 5.91 Å². The lowest BCUT2D eigenvalue weighted by Gasteiger charge is -2.36. The summed E-state index contributed by atoms with van der Waals surface area (Å²) in [4.78, 5) is 77.4. The highest BCUT2D eigenvalue weighted by Crippen LogP contribution is 2.59. The number of aromatic amines is 1. The molecule has 2 aromatic carbocycles. The molecule has 1 aromatic heterocycles. The summed E-state index contributed by atoms with van der Waals surface area (Å²) < 4.78 is 40.2. The van der Waals surface area contributed by atoms with Crippen LogP contribution in [0, 0.1) is 17.2 Å². The molecule has 4 heterocycles. The average molecular weight is 682 g/mol. The van der Waals surface area contributed by atoms with Gasteiger partial charge < -0.3 is 29.9 Å². The van der Waals surface area contributed by atoms with Crippen molar-refractivity contribution in [2.24, 2.45) is 5.92 Å². The van der Waals surface area contributed by atoms with Crippen molar-refractivity contribution in [3.8, 4) is 6.07 Å².